The van der Waals surface area contributed by atoms with E-state index in [0.717, 1.165) is 5.56 Å². The van der Waals surface area contributed by atoms with Gasteiger partial charge in [-0.25, -0.2) is 4.39 Å². The SMILES string of the molecule is C[C@H](OC(=O)C1CCN(C(=O)/C=C/c2ccccc2)CC1)C(=O)Nc1cccc(F)c1. The second-order valence-corrected chi connectivity index (χ2v) is 7.42. The van der Waals surface area contributed by atoms with Crippen molar-refractivity contribution in [1.82, 2.24) is 4.90 Å². The van der Waals surface area contributed by atoms with E-state index in [9.17, 15) is 18.8 Å². The number of halogens is 1. The predicted octanol–water partition coefficient (Wildman–Crippen LogP) is 3.65. The molecule has 0 unspecified atom stereocenters. The quantitative estimate of drug-likeness (QED) is 0.567. The Bertz CT molecular complexity index is 953. The Morgan fingerprint density at radius 2 is 1.81 bits per heavy atom. The molecule has 6 nitrogen and oxygen atoms in total. The zero-order valence-corrected chi connectivity index (χ0v) is 17.3. The number of likely N-dealkylation sites (tertiary alicyclic amines) is 1. The standard InChI is InChI=1S/C24H25FN2O4/c1-17(23(29)26-21-9-5-8-20(25)16-21)31-24(30)19-12-14-27(15-13-19)22(28)11-10-18-6-3-2-4-7-18/h2-11,16-17,19H,12-15H2,1H3,(H,26,29)/b11-10+/t17-/m0/s1. The minimum absolute atomic E-state index is 0.0986. The number of amides is 2. The second kappa shape index (κ2) is 10.5. The summed E-state index contributed by atoms with van der Waals surface area (Å²) in [7, 11) is 0. The van der Waals surface area contributed by atoms with Gasteiger partial charge in [0.15, 0.2) is 6.10 Å². The van der Waals surface area contributed by atoms with Gasteiger partial charge in [0.25, 0.3) is 5.91 Å². The lowest BCUT2D eigenvalue weighted by Gasteiger charge is -2.30. The van der Waals surface area contributed by atoms with Crippen LogP contribution in [0.3, 0.4) is 0 Å². The second-order valence-electron chi connectivity index (χ2n) is 7.42. The van der Waals surface area contributed by atoms with Crippen molar-refractivity contribution in [2.45, 2.75) is 25.9 Å². The van der Waals surface area contributed by atoms with Crippen molar-refractivity contribution in [3.8, 4) is 0 Å². The van der Waals surface area contributed by atoms with E-state index in [1.54, 1.807) is 17.0 Å². The third-order valence-corrected chi connectivity index (χ3v) is 5.11. The van der Waals surface area contributed by atoms with Crippen LogP contribution in [0.5, 0.6) is 0 Å². The van der Waals surface area contributed by atoms with E-state index >= 15 is 0 Å². The smallest absolute Gasteiger partial charge is 0.309 e. The molecule has 1 atom stereocenters. The largest absolute Gasteiger partial charge is 0.452 e. The van der Waals surface area contributed by atoms with E-state index in [1.807, 2.05) is 30.3 Å². The van der Waals surface area contributed by atoms with Gasteiger partial charge in [0.05, 0.1) is 5.92 Å². The van der Waals surface area contributed by atoms with Crippen molar-refractivity contribution in [1.29, 1.82) is 0 Å². The van der Waals surface area contributed by atoms with Crippen LogP contribution in [0, 0.1) is 11.7 Å². The van der Waals surface area contributed by atoms with Crippen molar-refractivity contribution < 1.29 is 23.5 Å². The Labute approximate surface area is 180 Å². The molecule has 0 spiro atoms. The van der Waals surface area contributed by atoms with Gasteiger partial charge in [-0.3, -0.25) is 14.4 Å². The number of nitrogens with zero attached hydrogens (tertiary/aromatic N) is 1. The van der Waals surface area contributed by atoms with Gasteiger partial charge in [-0.15, -0.1) is 0 Å². The Morgan fingerprint density at radius 1 is 1.10 bits per heavy atom. The first-order valence-corrected chi connectivity index (χ1v) is 10.2. The molecule has 0 aromatic heterocycles. The fourth-order valence-corrected chi connectivity index (χ4v) is 3.31. The van der Waals surface area contributed by atoms with Gasteiger partial charge in [-0.05, 0) is 49.6 Å². The van der Waals surface area contributed by atoms with Gasteiger partial charge in [0, 0.05) is 24.9 Å². The first kappa shape index (κ1) is 22.2. The number of anilines is 1. The van der Waals surface area contributed by atoms with Crippen molar-refractivity contribution in [2.24, 2.45) is 5.92 Å². The first-order valence-electron chi connectivity index (χ1n) is 10.2. The number of carbonyl (C=O) groups is 3. The van der Waals surface area contributed by atoms with E-state index in [2.05, 4.69) is 5.32 Å². The molecule has 3 rings (SSSR count). The average Bonchev–Trinajstić information content (AvgIpc) is 2.78. The van der Waals surface area contributed by atoms with Crippen LogP contribution in [-0.2, 0) is 19.1 Å². The van der Waals surface area contributed by atoms with E-state index in [1.165, 1.54) is 31.2 Å². The van der Waals surface area contributed by atoms with E-state index in [0.29, 0.717) is 31.6 Å². The lowest BCUT2D eigenvalue weighted by molar-refractivity contribution is -0.159. The molecule has 2 aromatic carbocycles. The number of nitrogens with one attached hydrogen (secondary N) is 1. The molecule has 1 aliphatic rings. The van der Waals surface area contributed by atoms with E-state index in [-0.39, 0.29) is 11.8 Å². The molecule has 2 aromatic rings. The third kappa shape index (κ3) is 6.50. The van der Waals surface area contributed by atoms with Crippen LogP contribution in [0.4, 0.5) is 10.1 Å². The Morgan fingerprint density at radius 3 is 2.48 bits per heavy atom. The molecule has 31 heavy (non-hydrogen) atoms. The van der Waals surface area contributed by atoms with Gasteiger partial charge in [-0.2, -0.15) is 0 Å². The summed E-state index contributed by atoms with van der Waals surface area (Å²) in [5, 5.41) is 2.52. The average molecular weight is 424 g/mol. The fourth-order valence-electron chi connectivity index (χ4n) is 3.31. The summed E-state index contributed by atoms with van der Waals surface area (Å²) in [6.07, 6.45) is 3.24. The Kier molecular flexibility index (Phi) is 7.54. The van der Waals surface area contributed by atoms with Gasteiger partial charge < -0.3 is 15.0 Å². The Balaban J connectivity index is 1.44. The number of hydrogen-bond donors (Lipinski definition) is 1. The molecular formula is C24H25FN2O4. The van der Waals surface area contributed by atoms with Crippen molar-refractivity contribution in [3.63, 3.8) is 0 Å². The third-order valence-electron chi connectivity index (χ3n) is 5.11. The number of benzene rings is 2. The highest BCUT2D eigenvalue weighted by molar-refractivity contribution is 5.95. The predicted molar refractivity (Wildman–Crippen MR) is 115 cm³/mol. The minimum atomic E-state index is -1.01. The highest BCUT2D eigenvalue weighted by Gasteiger charge is 2.30. The van der Waals surface area contributed by atoms with Crippen LogP contribution >= 0.6 is 0 Å². The number of rotatable bonds is 6. The van der Waals surface area contributed by atoms with Gasteiger partial charge in [0.2, 0.25) is 5.91 Å². The van der Waals surface area contributed by atoms with Gasteiger partial charge in [-0.1, -0.05) is 36.4 Å². The summed E-state index contributed by atoms with van der Waals surface area (Å²) < 4.78 is 18.5. The molecule has 1 aliphatic heterocycles. The minimum Gasteiger partial charge on any atom is -0.452 e. The molecule has 1 heterocycles. The molecule has 0 aliphatic carbocycles. The molecule has 0 saturated carbocycles. The van der Waals surface area contributed by atoms with Gasteiger partial charge >= 0.3 is 5.97 Å². The van der Waals surface area contributed by atoms with Gasteiger partial charge in [0.1, 0.15) is 5.82 Å². The molecule has 7 heteroatoms. The van der Waals surface area contributed by atoms with Crippen LogP contribution in [0.2, 0.25) is 0 Å². The molecule has 2 amide bonds. The number of esters is 1. The molecule has 1 saturated heterocycles. The maximum atomic E-state index is 13.2. The summed E-state index contributed by atoms with van der Waals surface area (Å²) in [6, 6.07) is 15.0. The van der Waals surface area contributed by atoms with E-state index in [4.69, 9.17) is 4.74 Å². The van der Waals surface area contributed by atoms with E-state index < -0.39 is 23.8 Å². The molecular weight excluding hydrogens is 399 g/mol. The zero-order chi connectivity index (χ0) is 22.2. The summed E-state index contributed by atoms with van der Waals surface area (Å²) in [6.45, 7) is 2.36. The maximum absolute atomic E-state index is 13.2. The molecule has 1 N–H and O–H groups in total. The van der Waals surface area contributed by atoms with Crippen LogP contribution < -0.4 is 5.32 Å². The van der Waals surface area contributed by atoms with Crippen molar-refractivity contribution in [2.75, 3.05) is 18.4 Å². The van der Waals surface area contributed by atoms with Crippen molar-refractivity contribution in [3.05, 3.63) is 72.1 Å². The summed E-state index contributed by atoms with van der Waals surface area (Å²) >= 11 is 0. The van der Waals surface area contributed by atoms with Crippen LogP contribution in [0.1, 0.15) is 25.3 Å². The van der Waals surface area contributed by atoms with Crippen molar-refractivity contribution >= 4 is 29.5 Å². The number of piperidine rings is 1. The topological polar surface area (TPSA) is 75.7 Å². The Hall–Kier alpha value is -3.48. The summed E-state index contributed by atoms with van der Waals surface area (Å²) in [5.74, 6) is -1.93. The van der Waals surface area contributed by atoms with Crippen LogP contribution in [0.15, 0.2) is 60.7 Å². The highest BCUT2D eigenvalue weighted by atomic mass is 19.1. The van der Waals surface area contributed by atoms with Crippen LogP contribution in [0.25, 0.3) is 6.08 Å². The highest BCUT2D eigenvalue weighted by Crippen LogP contribution is 2.20. The number of hydrogen-bond acceptors (Lipinski definition) is 4. The molecule has 0 radical (unpaired) electrons. The molecule has 162 valence electrons. The lowest BCUT2D eigenvalue weighted by atomic mass is 9.97. The monoisotopic (exact) mass is 424 g/mol. The molecule has 1 fully saturated rings. The summed E-state index contributed by atoms with van der Waals surface area (Å²) in [4.78, 5) is 38.7. The number of carbonyl (C=O) groups excluding carboxylic acids is 3. The lowest BCUT2D eigenvalue weighted by Crippen LogP contribution is -2.41. The fraction of sp³-hybridized carbons (Fsp3) is 0.292. The zero-order valence-electron chi connectivity index (χ0n) is 17.3. The van der Waals surface area contributed by atoms with Crippen LogP contribution in [-0.4, -0.2) is 41.9 Å². The maximum Gasteiger partial charge on any atom is 0.309 e. The normalized spacial score (nSPS) is 15.5. The molecule has 0 bridgehead atoms. The summed E-state index contributed by atoms with van der Waals surface area (Å²) in [5.41, 5.74) is 1.24. The first-order chi connectivity index (χ1) is 14.9. The number of ether oxygens (including phenoxy) is 1.